The number of benzene rings is 2. The van der Waals surface area contributed by atoms with Gasteiger partial charge in [0.05, 0.1) is 12.7 Å². The quantitative estimate of drug-likeness (QED) is 0.779. The number of nitrogens with two attached hydrogens (primary N) is 1. The highest BCUT2D eigenvalue weighted by Gasteiger charge is 2.12. The lowest BCUT2D eigenvalue weighted by Crippen LogP contribution is -1.88. The minimum atomic E-state index is 0.353. The maximum atomic E-state index is 5.59. The summed E-state index contributed by atoms with van der Waals surface area (Å²) in [6.45, 7) is 0. The minimum Gasteiger partial charge on any atom is -0.496 e. The monoisotopic (exact) mass is 318 g/mol. The molecule has 0 radical (unpaired) electrons. The van der Waals surface area contributed by atoms with Crippen molar-refractivity contribution in [3.63, 3.8) is 0 Å². The first-order chi connectivity index (χ1) is 9.17. The predicted octanol–water partition coefficient (Wildman–Crippen LogP) is 3.85. The summed E-state index contributed by atoms with van der Waals surface area (Å²) >= 11 is 3.47. The Morgan fingerprint density at radius 3 is 2.68 bits per heavy atom. The van der Waals surface area contributed by atoms with Crippen LogP contribution in [0.4, 0.5) is 5.82 Å². The summed E-state index contributed by atoms with van der Waals surface area (Å²) in [5.74, 6) is 1.67. The average molecular weight is 319 g/mol. The molecular formula is C14H11BrN2O2. The molecule has 0 unspecified atom stereocenters. The number of rotatable bonds is 2. The molecule has 19 heavy (non-hydrogen) atoms. The first kappa shape index (κ1) is 12.0. The van der Waals surface area contributed by atoms with E-state index in [2.05, 4.69) is 21.1 Å². The van der Waals surface area contributed by atoms with Gasteiger partial charge in [-0.1, -0.05) is 27.2 Å². The number of nitrogens with zero attached hydrogens (tertiary/aromatic N) is 1. The maximum absolute atomic E-state index is 5.59. The molecule has 0 amide bonds. The van der Waals surface area contributed by atoms with Crippen molar-refractivity contribution in [2.75, 3.05) is 12.8 Å². The van der Waals surface area contributed by atoms with Gasteiger partial charge in [-0.2, -0.15) is 0 Å². The average Bonchev–Trinajstić information content (AvgIpc) is 2.83. The summed E-state index contributed by atoms with van der Waals surface area (Å²) in [6.07, 6.45) is 0. The zero-order valence-corrected chi connectivity index (χ0v) is 11.8. The molecule has 0 saturated carbocycles. The second kappa shape index (κ2) is 4.59. The lowest BCUT2D eigenvalue weighted by molar-refractivity contribution is 0.407. The Morgan fingerprint density at radius 2 is 2.00 bits per heavy atom. The van der Waals surface area contributed by atoms with Crippen LogP contribution in [0.1, 0.15) is 0 Å². The third kappa shape index (κ3) is 2.17. The molecule has 4 nitrogen and oxygen atoms in total. The predicted molar refractivity (Wildman–Crippen MR) is 78.1 cm³/mol. The van der Waals surface area contributed by atoms with E-state index < -0.39 is 0 Å². The SMILES string of the molecule is COc1cc2ccc(Br)cc2cc1-c1cc(N)no1. The molecule has 0 spiro atoms. The van der Waals surface area contributed by atoms with Crippen molar-refractivity contribution in [1.29, 1.82) is 0 Å². The van der Waals surface area contributed by atoms with Crippen molar-refractivity contribution >= 4 is 32.5 Å². The van der Waals surface area contributed by atoms with E-state index in [0.717, 1.165) is 26.6 Å². The van der Waals surface area contributed by atoms with E-state index >= 15 is 0 Å². The molecule has 0 aliphatic heterocycles. The van der Waals surface area contributed by atoms with E-state index in [9.17, 15) is 0 Å². The molecule has 1 aromatic heterocycles. The highest BCUT2D eigenvalue weighted by Crippen LogP contribution is 2.35. The van der Waals surface area contributed by atoms with Crippen molar-refractivity contribution in [2.45, 2.75) is 0 Å². The summed E-state index contributed by atoms with van der Waals surface area (Å²) < 4.78 is 11.6. The number of anilines is 1. The second-order valence-corrected chi connectivity index (χ2v) is 5.08. The number of nitrogen functional groups attached to an aromatic ring is 1. The van der Waals surface area contributed by atoms with Gasteiger partial charge in [-0.05, 0) is 35.0 Å². The van der Waals surface area contributed by atoms with Crippen LogP contribution in [0.2, 0.25) is 0 Å². The second-order valence-electron chi connectivity index (χ2n) is 4.16. The zero-order chi connectivity index (χ0) is 13.4. The summed E-state index contributed by atoms with van der Waals surface area (Å²) in [7, 11) is 1.63. The van der Waals surface area contributed by atoms with Gasteiger partial charge in [0.1, 0.15) is 5.75 Å². The molecule has 3 rings (SSSR count). The molecular weight excluding hydrogens is 308 g/mol. The standard InChI is InChI=1S/C14H11BrN2O2/c1-18-12-6-8-2-3-10(15)4-9(8)5-11(12)13-7-14(16)17-19-13/h2-7H,1H3,(H2,16,17). The number of fused-ring (bicyclic) bond motifs is 1. The third-order valence-electron chi connectivity index (χ3n) is 2.91. The molecule has 96 valence electrons. The fraction of sp³-hybridized carbons (Fsp3) is 0.0714. The number of aromatic nitrogens is 1. The molecule has 5 heteroatoms. The fourth-order valence-corrected chi connectivity index (χ4v) is 2.40. The van der Waals surface area contributed by atoms with Crippen molar-refractivity contribution < 1.29 is 9.26 Å². The van der Waals surface area contributed by atoms with Crippen LogP contribution in [0.15, 0.2) is 45.4 Å². The van der Waals surface area contributed by atoms with E-state index in [1.54, 1.807) is 13.2 Å². The Kier molecular flexibility index (Phi) is 2.91. The van der Waals surface area contributed by atoms with Crippen molar-refractivity contribution in [3.05, 3.63) is 40.9 Å². The van der Waals surface area contributed by atoms with Gasteiger partial charge in [-0.15, -0.1) is 0 Å². The molecule has 2 N–H and O–H groups in total. The van der Waals surface area contributed by atoms with E-state index in [4.69, 9.17) is 15.0 Å². The number of hydrogen-bond donors (Lipinski definition) is 1. The van der Waals surface area contributed by atoms with Gasteiger partial charge >= 0.3 is 0 Å². The van der Waals surface area contributed by atoms with E-state index in [1.165, 1.54) is 0 Å². The van der Waals surface area contributed by atoms with Gasteiger partial charge in [0.25, 0.3) is 0 Å². The highest BCUT2D eigenvalue weighted by molar-refractivity contribution is 9.10. The summed E-state index contributed by atoms with van der Waals surface area (Å²) in [5.41, 5.74) is 6.42. The topological polar surface area (TPSA) is 61.3 Å². The number of methoxy groups -OCH3 is 1. The molecule has 0 aliphatic rings. The molecule has 0 saturated heterocycles. The Labute approximate surface area is 118 Å². The van der Waals surface area contributed by atoms with Crippen LogP contribution < -0.4 is 10.5 Å². The lowest BCUT2D eigenvalue weighted by atomic mass is 10.0. The largest absolute Gasteiger partial charge is 0.496 e. The van der Waals surface area contributed by atoms with E-state index in [0.29, 0.717) is 11.6 Å². The number of halogens is 1. The van der Waals surface area contributed by atoms with Crippen LogP contribution in [-0.4, -0.2) is 12.3 Å². The molecule has 2 aromatic carbocycles. The molecule has 1 heterocycles. The van der Waals surface area contributed by atoms with Gasteiger partial charge in [0.15, 0.2) is 11.6 Å². The van der Waals surface area contributed by atoms with Crippen LogP contribution in [0.5, 0.6) is 5.75 Å². The van der Waals surface area contributed by atoms with Crippen LogP contribution in [0.3, 0.4) is 0 Å². The van der Waals surface area contributed by atoms with E-state index in [1.807, 2.05) is 30.3 Å². The first-order valence-corrected chi connectivity index (χ1v) is 6.46. The van der Waals surface area contributed by atoms with Gasteiger partial charge in [-0.25, -0.2) is 0 Å². The first-order valence-electron chi connectivity index (χ1n) is 5.67. The van der Waals surface area contributed by atoms with Crippen LogP contribution in [0, 0.1) is 0 Å². The van der Waals surface area contributed by atoms with E-state index in [-0.39, 0.29) is 0 Å². The number of ether oxygens (including phenoxy) is 1. The Hall–Kier alpha value is -2.01. The van der Waals surface area contributed by atoms with Crippen LogP contribution >= 0.6 is 15.9 Å². The Balaban J connectivity index is 2.27. The Morgan fingerprint density at radius 1 is 1.16 bits per heavy atom. The summed E-state index contributed by atoms with van der Waals surface area (Å²) in [5, 5.41) is 5.88. The molecule has 0 fully saturated rings. The van der Waals surface area contributed by atoms with Gasteiger partial charge in [0.2, 0.25) is 0 Å². The highest BCUT2D eigenvalue weighted by atomic mass is 79.9. The maximum Gasteiger partial charge on any atom is 0.172 e. The van der Waals surface area contributed by atoms with Crippen molar-refractivity contribution in [2.24, 2.45) is 0 Å². The van der Waals surface area contributed by atoms with Crippen molar-refractivity contribution in [1.82, 2.24) is 5.16 Å². The lowest BCUT2D eigenvalue weighted by Gasteiger charge is -2.08. The van der Waals surface area contributed by atoms with Crippen LogP contribution in [0.25, 0.3) is 22.1 Å². The normalized spacial score (nSPS) is 10.8. The van der Waals surface area contributed by atoms with Gasteiger partial charge in [-0.3, -0.25) is 0 Å². The van der Waals surface area contributed by atoms with Crippen molar-refractivity contribution in [3.8, 4) is 17.1 Å². The smallest absolute Gasteiger partial charge is 0.172 e. The minimum absolute atomic E-state index is 0.353. The zero-order valence-electron chi connectivity index (χ0n) is 10.2. The molecule has 0 bridgehead atoms. The number of hydrogen-bond acceptors (Lipinski definition) is 4. The summed E-state index contributed by atoms with van der Waals surface area (Å²) in [4.78, 5) is 0. The van der Waals surface area contributed by atoms with Gasteiger partial charge < -0.3 is 15.0 Å². The van der Waals surface area contributed by atoms with Crippen LogP contribution in [-0.2, 0) is 0 Å². The molecule has 0 aliphatic carbocycles. The van der Waals surface area contributed by atoms with Gasteiger partial charge in [0, 0.05) is 10.5 Å². The Bertz CT molecular complexity index is 752. The molecule has 3 aromatic rings. The molecule has 0 atom stereocenters. The summed E-state index contributed by atoms with van der Waals surface area (Å²) in [6, 6.07) is 11.7. The fourth-order valence-electron chi connectivity index (χ4n) is 2.02. The third-order valence-corrected chi connectivity index (χ3v) is 3.41.